The van der Waals surface area contributed by atoms with Crippen LogP contribution in [0.2, 0.25) is 5.02 Å². The number of esters is 1. The first-order chi connectivity index (χ1) is 14.7. The number of sulfonamides is 1. The van der Waals surface area contributed by atoms with E-state index in [2.05, 4.69) is 5.32 Å². The normalized spacial score (nSPS) is 17.2. The summed E-state index contributed by atoms with van der Waals surface area (Å²) in [7, 11) is -3.88. The molecule has 1 aromatic carbocycles. The van der Waals surface area contributed by atoms with E-state index in [9.17, 15) is 22.8 Å². The lowest BCUT2D eigenvalue weighted by Crippen LogP contribution is -2.39. The van der Waals surface area contributed by atoms with Gasteiger partial charge in [0.05, 0.1) is 15.5 Å². The van der Waals surface area contributed by atoms with Gasteiger partial charge >= 0.3 is 5.97 Å². The van der Waals surface area contributed by atoms with Crippen LogP contribution in [0.5, 0.6) is 0 Å². The van der Waals surface area contributed by atoms with E-state index in [1.54, 1.807) is 17.5 Å². The lowest BCUT2D eigenvalue weighted by Gasteiger charge is -2.30. The SMILES string of the molecule is CC1CCCN(S(=O)(=O)c2cc(C(=O)OCC(=O)NC(=O)c3cccs3)ccc2Cl)C1. The number of hydrogen-bond acceptors (Lipinski definition) is 7. The number of amides is 2. The first kappa shape index (κ1) is 23.4. The Balaban J connectivity index is 1.67. The number of ether oxygens (including phenoxy) is 1. The van der Waals surface area contributed by atoms with Crippen molar-refractivity contribution < 1.29 is 27.5 Å². The van der Waals surface area contributed by atoms with Gasteiger partial charge in [-0.25, -0.2) is 13.2 Å². The maximum atomic E-state index is 13.0. The number of nitrogens with one attached hydrogen (secondary N) is 1. The van der Waals surface area contributed by atoms with E-state index in [4.69, 9.17) is 16.3 Å². The molecule has 0 bridgehead atoms. The van der Waals surface area contributed by atoms with Crippen LogP contribution >= 0.6 is 22.9 Å². The van der Waals surface area contributed by atoms with Crippen LogP contribution < -0.4 is 5.32 Å². The van der Waals surface area contributed by atoms with E-state index >= 15 is 0 Å². The lowest BCUT2D eigenvalue weighted by molar-refractivity contribution is -0.123. The number of benzene rings is 1. The van der Waals surface area contributed by atoms with Crippen LogP contribution in [0.3, 0.4) is 0 Å². The molecule has 31 heavy (non-hydrogen) atoms. The van der Waals surface area contributed by atoms with E-state index < -0.39 is 34.4 Å². The molecule has 0 aliphatic carbocycles. The fraction of sp³-hybridized carbons (Fsp3) is 0.350. The van der Waals surface area contributed by atoms with Crippen LogP contribution in [0, 0.1) is 5.92 Å². The van der Waals surface area contributed by atoms with Gasteiger partial charge in [0.1, 0.15) is 4.90 Å². The molecule has 1 atom stereocenters. The third kappa shape index (κ3) is 5.70. The number of hydrogen-bond donors (Lipinski definition) is 1. The second kappa shape index (κ2) is 9.90. The molecule has 1 aliphatic heterocycles. The number of carbonyl (C=O) groups excluding carboxylic acids is 3. The maximum absolute atomic E-state index is 13.0. The number of carbonyl (C=O) groups is 3. The van der Waals surface area contributed by atoms with Gasteiger partial charge < -0.3 is 4.74 Å². The molecule has 1 aromatic heterocycles. The van der Waals surface area contributed by atoms with Gasteiger partial charge in [-0.3, -0.25) is 14.9 Å². The van der Waals surface area contributed by atoms with Gasteiger partial charge in [0.25, 0.3) is 11.8 Å². The molecule has 3 rings (SSSR count). The molecule has 1 N–H and O–H groups in total. The number of imide groups is 1. The highest BCUT2D eigenvalue weighted by atomic mass is 35.5. The van der Waals surface area contributed by atoms with Gasteiger partial charge in [-0.15, -0.1) is 11.3 Å². The van der Waals surface area contributed by atoms with Crippen LogP contribution in [-0.2, 0) is 19.6 Å². The fourth-order valence-electron chi connectivity index (χ4n) is 3.18. The van der Waals surface area contributed by atoms with Crippen LogP contribution in [0.15, 0.2) is 40.6 Å². The Morgan fingerprint density at radius 3 is 2.74 bits per heavy atom. The molecule has 1 fully saturated rings. The summed E-state index contributed by atoms with van der Waals surface area (Å²) in [6, 6.07) is 6.99. The topological polar surface area (TPSA) is 110 Å². The monoisotopic (exact) mass is 484 g/mol. The quantitative estimate of drug-likeness (QED) is 0.631. The first-order valence-electron chi connectivity index (χ1n) is 9.53. The lowest BCUT2D eigenvalue weighted by atomic mass is 10.0. The van der Waals surface area contributed by atoms with Crippen LogP contribution in [0.4, 0.5) is 0 Å². The minimum absolute atomic E-state index is 0.00550. The van der Waals surface area contributed by atoms with Crippen LogP contribution in [0.1, 0.15) is 39.8 Å². The van der Waals surface area contributed by atoms with E-state index in [-0.39, 0.29) is 21.4 Å². The Morgan fingerprint density at radius 2 is 2.06 bits per heavy atom. The summed E-state index contributed by atoms with van der Waals surface area (Å²) in [4.78, 5) is 36.2. The number of halogens is 1. The third-order valence-electron chi connectivity index (χ3n) is 4.74. The van der Waals surface area contributed by atoms with Crippen molar-refractivity contribution >= 4 is 50.7 Å². The van der Waals surface area contributed by atoms with Gasteiger partial charge in [0.2, 0.25) is 10.0 Å². The zero-order valence-corrected chi connectivity index (χ0v) is 19.1. The van der Waals surface area contributed by atoms with Gasteiger partial charge in [0.15, 0.2) is 6.61 Å². The van der Waals surface area contributed by atoms with Crippen molar-refractivity contribution in [3.63, 3.8) is 0 Å². The summed E-state index contributed by atoms with van der Waals surface area (Å²) in [5.74, 6) is -2.06. The predicted molar refractivity (Wildman–Crippen MR) is 116 cm³/mol. The average molecular weight is 485 g/mol. The molecule has 166 valence electrons. The number of nitrogens with zero attached hydrogens (tertiary/aromatic N) is 1. The highest BCUT2D eigenvalue weighted by Gasteiger charge is 2.31. The average Bonchev–Trinajstić information content (AvgIpc) is 3.27. The van der Waals surface area contributed by atoms with Crippen molar-refractivity contribution in [1.29, 1.82) is 0 Å². The molecule has 0 spiro atoms. The molecule has 0 saturated carbocycles. The molecule has 2 aromatic rings. The highest BCUT2D eigenvalue weighted by molar-refractivity contribution is 7.89. The Kier molecular flexibility index (Phi) is 7.47. The second-order valence-corrected chi connectivity index (χ2v) is 10.4. The standard InChI is InChI=1S/C20H21ClN2O6S2/c1-13-4-2-8-23(11-13)31(27,28)17-10-14(6-7-15(17)21)20(26)29-12-18(24)22-19(25)16-5-3-9-30-16/h3,5-7,9-10,13H,2,4,8,11-12H2,1H3,(H,22,24,25). The third-order valence-corrected chi connectivity index (χ3v) is 7.95. The minimum atomic E-state index is -3.88. The first-order valence-corrected chi connectivity index (χ1v) is 12.2. The van der Waals surface area contributed by atoms with Crippen molar-refractivity contribution in [2.75, 3.05) is 19.7 Å². The van der Waals surface area contributed by atoms with Crippen molar-refractivity contribution in [1.82, 2.24) is 9.62 Å². The molecule has 1 saturated heterocycles. The minimum Gasteiger partial charge on any atom is -0.452 e. The Labute approximate surface area is 189 Å². The molecule has 2 amide bonds. The zero-order chi connectivity index (χ0) is 22.6. The molecule has 11 heteroatoms. The summed E-state index contributed by atoms with van der Waals surface area (Å²) in [5, 5.41) is 3.80. The summed E-state index contributed by atoms with van der Waals surface area (Å²) in [6.07, 6.45) is 1.70. The van der Waals surface area contributed by atoms with Gasteiger partial charge in [-0.05, 0) is 48.4 Å². The molecular formula is C20H21ClN2O6S2. The summed E-state index contributed by atoms with van der Waals surface area (Å²) in [6.45, 7) is 2.05. The number of thiophene rings is 1. The Morgan fingerprint density at radius 1 is 1.29 bits per heavy atom. The van der Waals surface area contributed by atoms with Crippen molar-refractivity contribution in [2.45, 2.75) is 24.7 Å². The molecule has 0 radical (unpaired) electrons. The van der Waals surface area contributed by atoms with Crippen molar-refractivity contribution in [3.05, 3.63) is 51.2 Å². The maximum Gasteiger partial charge on any atom is 0.338 e. The van der Waals surface area contributed by atoms with Crippen LogP contribution in [-0.4, -0.2) is 50.2 Å². The largest absolute Gasteiger partial charge is 0.452 e. The van der Waals surface area contributed by atoms with E-state index in [0.717, 1.165) is 18.9 Å². The number of piperidine rings is 1. The molecule has 2 heterocycles. The van der Waals surface area contributed by atoms with Crippen molar-refractivity contribution in [2.24, 2.45) is 5.92 Å². The summed E-state index contributed by atoms with van der Waals surface area (Å²) >= 11 is 7.28. The smallest absolute Gasteiger partial charge is 0.338 e. The zero-order valence-electron chi connectivity index (χ0n) is 16.7. The summed E-state index contributed by atoms with van der Waals surface area (Å²) in [5.41, 5.74) is -0.0644. The molecular weight excluding hydrogens is 464 g/mol. The molecule has 8 nitrogen and oxygen atoms in total. The highest BCUT2D eigenvalue weighted by Crippen LogP contribution is 2.29. The van der Waals surface area contributed by atoms with Gasteiger partial charge in [0, 0.05) is 13.1 Å². The summed E-state index contributed by atoms with van der Waals surface area (Å²) < 4.78 is 32.3. The Bertz CT molecular complexity index is 1090. The second-order valence-electron chi connectivity index (χ2n) is 7.19. The Hall–Kier alpha value is -2.27. The van der Waals surface area contributed by atoms with E-state index in [1.165, 1.54) is 27.8 Å². The molecule has 1 aliphatic rings. The van der Waals surface area contributed by atoms with E-state index in [0.29, 0.717) is 18.0 Å². The van der Waals surface area contributed by atoms with Gasteiger partial charge in [-0.2, -0.15) is 4.31 Å². The van der Waals surface area contributed by atoms with Crippen molar-refractivity contribution in [3.8, 4) is 0 Å². The van der Waals surface area contributed by atoms with Gasteiger partial charge in [-0.1, -0.05) is 24.6 Å². The predicted octanol–water partition coefficient (Wildman–Crippen LogP) is 2.94. The van der Waals surface area contributed by atoms with Crippen LogP contribution in [0.25, 0.3) is 0 Å². The fourth-order valence-corrected chi connectivity index (χ4v) is 5.90. The molecule has 1 unspecified atom stereocenters. The van der Waals surface area contributed by atoms with E-state index in [1.807, 2.05) is 6.92 Å². The number of rotatable bonds is 6.